The molecule has 25 heavy (non-hydrogen) atoms. The Labute approximate surface area is 157 Å². The largest absolute Gasteiger partial charge is 0.373 e. The molecule has 0 aromatic carbocycles. The average Bonchev–Trinajstić information content (AvgIpc) is 2.53. The highest BCUT2D eigenvalue weighted by atomic mass is 35.5. The summed E-state index contributed by atoms with van der Waals surface area (Å²) >= 11 is 0. The van der Waals surface area contributed by atoms with Crippen molar-refractivity contribution in [3.63, 3.8) is 0 Å². The Morgan fingerprint density at radius 2 is 1.64 bits per heavy atom. The Kier molecular flexibility index (Phi) is 8.56. The number of amides is 1. The standard InChI is InChI=1S/C15H30N4O4S.ClH/c1-4-5-14(16)15(20)17-6-8-18(9-7-17)24(21,22)19-10-12(2)23-13(3)11-19;/h12-14H,4-11,16H2,1-3H3;1H. The normalized spacial score (nSPS) is 27.6. The Hall–Kier alpha value is -0.450. The minimum atomic E-state index is -3.51. The van der Waals surface area contributed by atoms with E-state index in [1.165, 1.54) is 8.61 Å². The molecule has 2 rings (SSSR count). The number of hydrogen-bond donors (Lipinski definition) is 1. The summed E-state index contributed by atoms with van der Waals surface area (Å²) in [7, 11) is -3.51. The monoisotopic (exact) mass is 398 g/mol. The van der Waals surface area contributed by atoms with Crippen LogP contribution in [0.5, 0.6) is 0 Å². The van der Waals surface area contributed by atoms with Gasteiger partial charge in [0.1, 0.15) is 0 Å². The smallest absolute Gasteiger partial charge is 0.282 e. The highest BCUT2D eigenvalue weighted by Crippen LogP contribution is 2.19. The molecular weight excluding hydrogens is 368 g/mol. The fourth-order valence-corrected chi connectivity index (χ4v) is 5.04. The molecule has 2 aliphatic heterocycles. The molecule has 0 aromatic rings. The third-order valence-electron chi connectivity index (χ3n) is 4.51. The number of piperazine rings is 1. The number of ether oxygens (including phenoxy) is 1. The van der Waals surface area contributed by atoms with Crippen molar-refractivity contribution in [3.05, 3.63) is 0 Å². The highest BCUT2D eigenvalue weighted by Gasteiger charge is 2.37. The van der Waals surface area contributed by atoms with E-state index < -0.39 is 16.3 Å². The number of carbonyl (C=O) groups is 1. The van der Waals surface area contributed by atoms with Gasteiger partial charge in [-0.2, -0.15) is 17.0 Å². The zero-order chi connectivity index (χ0) is 17.9. The summed E-state index contributed by atoms with van der Waals surface area (Å²) in [4.78, 5) is 13.9. The number of nitrogens with zero attached hydrogens (tertiary/aromatic N) is 3. The molecule has 0 radical (unpaired) electrons. The first-order valence-electron chi connectivity index (χ1n) is 8.70. The predicted octanol–water partition coefficient (Wildman–Crippen LogP) is 0.0338. The van der Waals surface area contributed by atoms with Crippen molar-refractivity contribution < 1.29 is 17.9 Å². The molecule has 2 aliphatic rings. The molecule has 0 bridgehead atoms. The van der Waals surface area contributed by atoms with Crippen LogP contribution < -0.4 is 5.73 Å². The summed E-state index contributed by atoms with van der Waals surface area (Å²) in [6.45, 7) is 7.89. The van der Waals surface area contributed by atoms with Crippen LogP contribution in [-0.4, -0.2) is 85.4 Å². The van der Waals surface area contributed by atoms with Crippen molar-refractivity contribution in [3.8, 4) is 0 Å². The van der Waals surface area contributed by atoms with E-state index in [2.05, 4.69) is 0 Å². The number of carbonyl (C=O) groups excluding carboxylic acids is 1. The van der Waals surface area contributed by atoms with Crippen LogP contribution in [0.1, 0.15) is 33.6 Å². The van der Waals surface area contributed by atoms with E-state index in [0.717, 1.165) is 6.42 Å². The van der Waals surface area contributed by atoms with Gasteiger partial charge in [0.05, 0.1) is 18.2 Å². The van der Waals surface area contributed by atoms with Gasteiger partial charge in [0, 0.05) is 39.3 Å². The van der Waals surface area contributed by atoms with E-state index in [1.54, 1.807) is 4.90 Å². The second-order valence-electron chi connectivity index (χ2n) is 6.70. The maximum absolute atomic E-state index is 12.8. The molecule has 148 valence electrons. The van der Waals surface area contributed by atoms with Crippen LogP contribution in [0, 0.1) is 0 Å². The summed E-state index contributed by atoms with van der Waals surface area (Å²) < 4.78 is 34.2. The number of halogens is 1. The van der Waals surface area contributed by atoms with Gasteiger partial charge in [0.2, 0.25) is 5.91 Å². The number of rotatable bonds is 5. The second kappa shape index (κ2) is 9.48. The SMILES string of the molecule is CCCC(N)C(=O)N1CCN(S(=O)(=O)N2CC(C)OC(C)C2)CC1.Cl. The van der Waals surface area contributed by atoms with E-state index in [4.69, 9.17) is 10.5 Å². The lowest BCUT2D eigenvalue weighted by molar-refractivity contribution is -0.134. The number of hydrogen-bond acceptors (Lipinski definition) is 5. The van der Waals surface area contributed by atoms with Gasteiger partial charge in [-0.3, -0.25) is 4.79 Å². The first kappa shape index (κ1) is 22.6. The van der Waals surface area contributed by atoms with Crippen molar-refractivity contribution in [1.82, 2.24) is 13.5 Å². The van der Waals surface area contributed by atoms with E-state index in [9.17, 15) is 13.2 Å². The first-order valence-corrected chi connectivity index (χ1v) is 10.1. The number of nitrogens with two attached hydrogens (primary N) is 1. The Morgan fingerprint density at radius 3 is 2.12 bits per heavy atom. The topological polar surface area (TPSA) is 96.2 Å². The van der Waals surface area contributed by atoms with Crippen LogP contribution in [0.2, 0.25) is 0 Å². The van der Waals surface area contributed by atoms with E-state index >= 15 is 0 Å². The molecule has 2 saturated heterocycles. The van der Waals surface area contributed by atoms with Crippen molar-refractivity contribution in [2.75, 3.05) is 39.3 Å². The lowest BCUT2D eigenvalue weighted by atomic mass is 10.1. The first-order chi connectivity index (χ1) is 11.3. The van der Waals surface area contributed by atoms with Crippen LogP contribution in [0.4, 0.5) is 0 Å². The van der Waals surface area contributed by atoms with Gasteiger partial charge in [0.15, 0.2) is 0 Å². The van der Waals surface area contributed by atoms with Crippen LogP contribution in [0.25, 0.3) is 0 Å². The molecule has 10 heteroatoms. The van der Waals surface area contributed by atoms with Crippen molar-refractivity contribution in [1.29, 1.82) is 0 Å². The maximum atomic E-state index is 12.8. The van der Waals surface area contributed by atoms with Crippen molar-refractivity contribution in [2.24, 2.45) is 5.73 Å². The molecule has 2 N–H and O–H groups in total. The van der Waals surface area contributed by atoms with Gasteiger partial charge in [-0.1, -0.05) is 13.3 Å². The van der Waals surface area contributed by atoms with E-state index in [1.807, 2.05) is 20.8 Å². The fourth-order valence-electron chi connectivity index (χ4n) is 3.29. The van der Waals surface area contributed by atoms with Gasteiger partial charge in [-0.15, -0.1) is 12.4 Å². The molecule has 0 aromatic heterocycles. The third kappa shape index (κ3) is 5.51. The van der Waals surface area contributed by atoms with Gasteiger partial charge < -0.3 is 15.4 Å². The zero-order valence-corrected chi connectivity index (χ0v) is 16.9. The van der Waals surface area contributed by atoms with E-state index in [-0.39, 0.29) is 30.5 Å². The average molecular weight is 399 g/mol. The molecule has 0 aliphatic carbocycles. The molecule has 3 atom stereocenters. The van der Waals surface area contributed by atoms with Crippen LogP contribution >= 0.6 is 12.4 Å². The van der Waals surface area contributed by atoms with Gasteiger partial charge in [0.25, 0.3) is 10.2 Å². The molecular formula is C15H31ClN4O4S. The van der Waals surface area contributed by atoms with Crippen LogP contribution in [-0.2, 0) is 19.7 Å². The summed E-state index contributed by atoms with van der Waals surface area (Å²) in [6, 6.07) is -0.487. The van der Waals surface area contributed by atoms with E-state index in [0.29, 0.717) is 45.7 Å². The lowest BCUT2D eigenvalue weighted by Crippen LogP contribution is -2.59. The molecule has 1 amide bonds. The maximum Gasteiger partial charge on any atom is 0.282 e. The minimum Gasteiger partial charge on any atom is -0.373 e. The predicted molar refractivity (Wildman–Crippen MR) is 98.8 cm³/mol. The zero-order valence-electron chi connectivity index (χ0n) is 15.3. The van der Waals surface area contributed by atoms with Gasteiger partial charge in [-0.25, -0.2) is 0 Å². The molecule has 0 saturated carbocycles. The molecule has 8 nitrogen and oxygen atoms in total. The second-order valence-corrected chi connectivity index (χ2v) is 8.63. The van der Waals surface area contributed by atoms with Crippen molar-refractivity contribution in [2.45, 2.75) is 51.9 Å². The lowest BCUT2D eigenvalue weighted by Gasteiger charge is -2.40. The van der Waals surface area contributed by atoms with Crippen LogP contribution in [0.3, 0.4) is 0 Å². The Morgan fingerprint density at radius 1 is 1.12 bits per heavy atom. The van der Waals surface area contributed by atoms with Gasteiger partial charge >= 0.3 is 0 Å². The van der Waals surface area contributed by atoms with Crippen molar-refractivity contribution >= 4 is 28.5 Å². The molecule has 3 unspecified atom stereocenters. The third-order valence-corrected chi connectivity index (χ3v) is 6.47. The summed E-state index contributed by atoms with van der Waals surface area (Å²) in [6.07, 6.45) is 1.28. The Bertz CT molecular complexity index is 530. The Balaban J connectivity index is 0.00000312. The van der Waals surface area contributed by atoms with Gasteiger partial charge in [-0.05, 0) is 20.3 Å². The molecule has 2 fully saturated rings. The quantitative estimate of drug-likeness (QED) is 0.705. The van der Waals surface area contributed by atoms with Crippen LogP contribution in [0.15, 0.2) is 0 Å². The molecule has 0 spiro atoms. The minimum absolute atomic E-state index is 0. The molecule has 2 heterocycles. The summed E-state index contributed by atoms with van der Waals surface area (Å²) in [5.74, 6) is -0.0810. The fraction of sp³-hybridized carbons (Fsp3) is 0.933. The summed E-state index contributed by atoms with van der Waals surface area (Å²) in [5, 5.41) is 0. The summed E-state index contributed by atoms with van der Waals surface area (Å²) in [5.41, 5.74) is 5.88. The number of morpholine rings is 1. The highest BCUT2D eigenvalue weighted by molar-refractivity contribution is 7.86.